The van der Waals surface area contributed by atoms with E-state index in [-0.39, 0.29) is 6.10 Å². The fourth-order valence-corrected chi connectivity index (χ4v) is 1.46. The average Bonchev–Trinajstić information content (AvgIpc) is 2.40. The summed E-state index contributed by atoms with van der Waals surface area (Å²) in [5, 5.41) is 0. The van der Waals surface area contributed by atoms with Crippen LogP contribution in [0.4, 0.5) is 0 Å². The van der Waals surface area contributed by atoms with Gasteiger partial charge in [0.1, 0.15) is 0 Å². The molecular formula is C14H23NO3. The molecule has 4 nitrogen and oxygen atoms in total. The van der Waals surface area contributed by atoms with Crippen LogP contribution in [0.1, 0.15) is 12.5 Å². The predicted molar refractivity (Wildman–Crippen MR) is 71.4 cm³/mol. The van der Waals surface area contributed by atoms with Crippen molar-refractivity contribution in [1.29, 1.82) is 0 Å². The van der Waals surface area contributed by atoms with E-state index in [4.69, 9.17) is 19.9 Å². The number of benzene rings is 1. The Morgan fingerprint density at radius 2 is 1.83 bits per heavy atom. The Balaban J connectivity index is 1.98. The summed E-state index contributed by atoms with van der Waals surface area (Å²) in [4.78, 5) is 0. The van der Waals surface area contributed by atoms with Crippen molar-refractivity contribution in [1.82, 2.24) is 0 Å². The lowest BCUT2D eigenvalue weighted by molar-refractivity contribution is -0.0326. The summed E-state index contributed by atoms with van der Waals surface area (Å²) < 4.78 is 16.3. The minimum absolute atomic E-state index is 0.0789. The number of hydrogen-bond donors (Lipinski definition) is 1. The van der Waals surface area contributed by atoms with Crippen LogP contribution in [-0.4, -0.2) is 39.1 Å². The Labute approximate surface area is 109 Å². The lowest BCUT2D eigenvalue weighted by Gasteiger charge is -2.13. The molecule has 0 radical (unpaired) electrons. The molecule has 18 heavy (non-hydrogen) atoms. The van der Waals surface area contributed by atoms with Crippen molar-refractivity contribution >= 4 is 0 Å². The van der Waals surface area contributed by atoms with Gasteiger partial charge in [-0.25, -0.2) is 0 Å². The van der Waals surface area contributed by atoms with Gasteiger partial charge in [0.15, 0.2) is 0 Å². The van der Waals surface area contributed by atoms with Gasteiger partial charge in [-0.3, -0.25) is 0 Å². The second-order valence-electron chi connectivity index (χ2n) is 4.08. The van der Waals surface area contributed by atoms with Gasteiger partial charge in [0.25, 0.3) is 0 Å². The SMILES string of the molecule is CC(COCc1ccccc1)OCCOCCN. The van der Waals surface area contributed by atoms with Crippen LogP contribution in [0.25, 0.3) is 0 Å². The minimum atomic E-state index is 0.0789. The van der Waals surface area contributed by atoms with Crippen molar-refractivity contribution in [3.05, 3.63) is 35.9 Å². The quantitative estimate of drug-likeness (QED) is 0.643. The second kappa shape index (κ2) is 10.0. The highest BCUT2D eigenvalue weighted by Gasteiger charge is 2.02. The molecule has 0 heterocycles. The molecule has 1 unspecified atom stereocenters. The van der Waals surface area contributed by atoms with Crippen LogP contribution >= 0.6 is 0 Å². The van der Waals surface area contributed by atoms with E-state index < -0.39 is 0 Å². The maximum absolute atomic E-state index is 5.57. The molecule has 0 spiro atoms. The van der Waals surface area contributed by atoms with Crippen LogP contribution in [0.2, 0.25) is 0 Å². The highest BCUT2D eigenvalue weighted by Crippen LogP contribution is 2.01. The first kappa shape index (κ1) is 15.1. The van der Waals surface area contributed by atoms with Crippen molar-refractivity contribution in [2.45, 2.75) is 19.6 Å². The van der Waals surface area contributed by atoms with Crippen LogP contribution in [0.15, 0.2) is 30.3 Å². The number of ether oxygens (including phenoxy) is 3. The lowest BCUT2D eigenvalue weighted by Crippen LogP contribution is -2.19. The maximum atomic E-state index is 5.57. The molecular weight excluding hydrogens is 230 g/mol. The maximum Gasteiger partial charge on any atom is 0.0781 e. The molecule has 0 aromatic heterocycles. The van der Waals surface area contributed by atoms with Crippen LogP contribution in [0.5, 0.6) is 0 Å². The monoisotopic (exact) mass is 253 g/mol. The molecule has 0 aliphatic heterocycles. The molecule has 102 valence electrons. The summed E-state index contributed by atoms with van der Waals surface area (Å²) in [6, 6.07) is 10.1. The Morgan fingerprint density at radius 3 is 2.56 bits per heavy atom. The largest absolute Gasteiger partial charge is 0.378 e. The summed E-state index contributed by atoms with van der Waals surface area (Å²) in [5.74, 6) is 0. The van der Waals surface area contributed by atoms with Gasteiger partial charge in [-0.05, 0) is 12.5 Å². The summed E-state index contributed by atoms with van der Waals surface area (Å²) in [5.41, 5.74) is 6.48. The van der Waals surface area contributed by atoms with Gasteiger partial charge >= 0.3 is 0 Å². The second-order valence-corrected chi connectivity index (χ2v) is 4.08. The zero-order chi connectivity index (χ0) is 13.1. The van der Waals surface area contributed by atoms with Gasteiger partial charge in [0, 0.05) is 6.54 Å². The molecule has 2 N–H and O–H groups in total. The molecule has 0 amide bonds. The molecule has 1 aromatic rings. The van der Waals surface area contributed by atoms with Gasteiger partial charge in [-0.2, -0.15) is 0 Å². The minimum Gasteiger partial charge on any atom is -0.378 e. The third-order valence-corrected chi connectivity index (χ3v) is 2.36. The van der Waals surface area contributed by atoms with Crippen molar-refractivity contribution in [2.24, 2.45) is 5.73 Å². The summed E-state index contributed by atoms with van der Waals surface area (Å²) in [6.45, 7) is 5.51. The molecule has 0 aliphatic rings. The van der Waals surface area contributed by atoms with E-state index in [1.807, 2.05) is 37.3 Å². The fourth-order valence-electron chi connectivity index (χ4n) is 1.46. The molecule has 0 aliphatic carbocycles. The van der Waals surface area contributed by atoms with Crippen LogP contribution in [0, 0.1) is 0 Å². The zero-order valence-electron chi connectivity index (χ0n) is 11.0. The molecule has 1 rings (SSSR count). The molecule has 1 atom stereocenters. The van der Waals surface area contributed by atoms with Crippen molar-refractivity contribution in [3.8, 4) is 0 Å². The Morgan fingerprint density at radius 1 is 1.06 bits per heavy atom. The third-order valence-electron chi connectivity index (χ3n) is 2.36. The first-order valence-corrected chi connectivity index (χ1v) is 6.34. The highest BCUT2D eigenvalue weighted by atomic mass is 16.5. The smallest absolute Gasteiger partial charge is 0.0781 e. The predicted octanol–water partition coefficient (Wildman–Crippen LogP) is 1.58. The van der Waals surface area contributed by atoms with E-state index in [9.17, 15) is 0 Å². The van der Waals surface area contributed by atoms with Crippen molar-refractivity contribution < 1.29 is 14.2 Å². The van der Waals surface area contributed by atoms with Gasteiger partial charge in [-0.15, -0.1) is 0 Å². The van der Waals surface area contributed by atoms with Crippen molar-refractivity contribution in [3.63, 3.8) is 0 Å². The topological polar surface area (TPSA) is 53.7 Å². The molecule has 4 heteroatoms. The van der Waals surface area contributed by atoms with Gasteiger partial charge in [0.2, 0.25) is 0 Å². The normalized spacial score (nSPS) is 12.6. The highest BCUT2D eigenvalue weighted by molar-refractivity contribution is 5.13. The number of hydrogen-bond acceptors (Lipinski definition) is 4. The Hall–Kier alpha value is -0.940. The van der Waals surface area contributed by atoms with Crippen LogP contribution in [-0.2, 0) is 20.8 Å². The van der Waals surface area contributed by atoms with E-state index in [1.54, 1.807) is 0 Å². The first-order chi connectivity index (χ1) is 8.83. The van der Waals surface area contributed by atoms with E-state index in [1.165, 1.54) is 5.56 Å². The summed E-state index contributed by atoms with van der Waals surface area (Å²) in [6.07, 6.45) is 0.0789. The molecule has 0 bridgehead atoms. The standard InChI is InChI=1S/C14H23NO3/c1-13(18-10-9-16-8-7-15)11-17-12-14-5-3-2-4-6-14/h2-6,13H,7-12,15H2,1H3. The zero-order valence-corrected chi connectivity index (χ0v) is 11.0. The summed E-state index contributed by atoms with van der Waals surface area (Å²) in [7, 11) is 0. The Bertz CT molecular complexity index is 292. The lowest BCUT2D eigenvalue weighted by atomic mass is 10.2. The van der Waals surface area contributed by atoms with E-state index >= 15 is 0 Å². The van der Waals surface area contributed by atoms with Gasteiger partial charge in [0.05, 0.1) is 39.1 Å². The molecule has 0 saturated carbocycles. The van der Waals surface area contributed by atoms with Crippen molar-refractivity contribution in [2.75, 3.05) is 33.0 Å². The summed E-state index contributed by atoms with van der Waals surface area (Å²) >= 11 is 0. The van der Waals surface area contributed by atoms with Gasteiger partial charge < -0.3 is 19.9 Å². The van der Waals surface area contributed by atoms with E-state index in [0.29, 0.717) is 39.6 Å². The third kappa shape index (κ3) is 7.40. The fraction of sp³-hybridized carbons (Fsp3) is 0.571. The van der Waals surface area contributed by atoms with E-state index in [0.717, 1.165) is 0 Å². The van der Waals surface area contributed by atoms with Crippen LogP contribution in [0.3, 0.4) is 0 Å². The van der Waals surface area contributed by atoms with Gasteiger partial charge in [-0.1, -0.05) is 30.3 Å². The number of nitrogens with two attached hydrogens (primary N) is 1. The Kier molecular flexibility index (Phi) is 8.42. The molecule has 0 saturated heterocycles. The number of rotatable bonds is 10. The van der Waals surface area contributed by atoms with Crippen LogP contribution < -0.4 is 5.73 Å². The molecule has 1 aromatic carbocycles. The molecule has 0 fully saturated rings. The van der Waals surface area contributed by atoms with E-state index in [2.05, 4.69) is 0 Å². The average molecular weight is 253 g/mol. The first-order valence-electron chi connectivity index (χ1n) is 6.34.